The van der Waals surface area contributed by atoms with Crippen LogP contribution >= 0.6 is 0 Å². The minimum absolute atomic E-state index is 0.0832. The average Bonchev–Trinajstić information content (AvgIpc) is 2.45. The Bertz CT molecular complexity index is 868. The van der Waals surface area contributed by atoms with Gasteiger partial charge in [0.1, 0.15) is 17.4 Å². The van der Waals surface area contributed by atoms with Crippen molar-refractivity contribution in [3.8, 4) is 5.75 Å². The van der Waals surface area contributed by atoms with Crippen LogP contribution in [0.3, 0.4) is 0 Å². The van der Waals surface area contributed by atoms with Crippen LogP contribution in [0.1, 0.15) is 38.3 Å². The Morgan fingerprint density at radius 2 is 2.13 bits per heavy atom. The highest BCUT2D eigenvalue weighted by Crippen LogP contribution is 2.44. The van der Waals surface area contributed by atoms with Crippen LogP contribution in [-0.4, -0.2) is 6.10 Å². The molecule has 120 valence electrons. The molecule has 2 heterocycles. The maximum Gasteiger partial charge on any atom is 0.344 e. The normalized spacial score (nSPS) is 23.0. The van der Waals surface area contributed by atoms with E-state index in [0.29, 0.717) is 23.3 Å². The number of hydrogen-bond acceptors (Lipinski definition) is 3. The third kappa shape index (κ3) is 2.50. The lowest BCUT2D eigenvalue weighted by Crippen LogP contribution is -2.38. The topological polar surface area (TPSA) is 39.4 Å². The summed E-state index contributed by atoms with van der Waals surface area (Å²) in [7, 11) is 0. The second kappa shape index (κ2) is 5.41. The van der Waals surface area contributed by atoms with Crippen molar-refractivity contribution in [3.05, 3.63) is 64.1 Å². The fourth-order valence-corrected chi connectivity index (χ4v) is 3.36. The lowest BCUT2D eigenvalue weighted by atomic mass is 9.75. The van der Waals surface area contributed by atoms with Crippen molar-refractivity contribution in [2.24, 2.45) is 0 Å². The van der Waals surface area contributed by atoms with Crippen LogP contribution in [-0.2, 0) is 5.41 Å². The molecule has 2 atom stereocenters. The molecule has 0 saturated carbocycles. The van der Waals surface area contributed by atoms with Gasteiger partial charge in [-0.2, -0.15) is 0 Å². The zero-order chi connectivity index (χ0) is 16.8. The second-order valence-corrected chi connectivity index (χ2v) is 6.77. The first-order valence-corrected chi connectivity index (χ1v) is 7.88. The Hall–Kier alpha value is -2.29. The first-order valence-electron chi connectivity index (χ1n) is 7.88. The molecule has 1 aliphatic rings. The van der Waals surface area contributed by atoms with Crippen LogP contribution in [0.2, 0.25) is 0 Å². The Kier molecular flexibility index (Phi) is 3.67. The molecular weight excluding hydrogens is 288 g/mol. The minimum Gasteiger partial charge on any atom is -0.485 e. The van der Waals surface area contributed by atoms with Crippen molar-refractivity contribution in [1.82, 2.24) is 0 Å². The van der Waals surface area contributed by atoms with Crippen molar-refractivity contribution in [2.45, 2.75) is 45.6 Å². The van der Waals surface area contributed by atoms with E-state index in [0.717, 1.165) is 10.9 Å². The Balaban J connectivity index is 2.38. The van der Waals surface area contributed by atoms with Gasteiger partial charge in [0, 0.05) is 11.8 Å². The van der Waals surface area contributed by atoms with E-state index >= 15 is 0 Å². The summed E-state index contributed by atoms with van der Waals surface area (Å²) in [4.78, 5) is 12.6. The summed E-state index contributed by atoms with van der Waals surface area (Å²) in [5, 5.41) is 0.877. The molecule has 0 aliphatic carbocycles. The van der Waals surface area contributed by atoms with E-state index in [-0.39, 0.29) is 11.7 Å². The zero-order valence-electron chi connectivity index (χ0n) is 14.1. The van der Waals surface area contributed by atoms with E-state index in [1.807, 2.05) is 52.0 Å². The minimum atomic E-state index is -0.471. The monoisotopic (exact) mass is 310 g/mol. The van der Waals surface area contributed by atoms with E-state index < -0.39 is 5.41 Å². The summed E-state index contributed by atoms with van der Waals surface area (Å²) in [6, 6.07) is 5.70. The Morgan fingerprint density at radius 1 is 1.39 bits per heavy atom. The number of aryl methyl sites for hydroxylation is 1. The standard InChI is InChI=1S/C20H22O3/c1-6-20(5)11-14(10-12(2)3)22-18-16-13(4)8-7-9-15(16)23-19(21)17(18)20/h6-10,14H,1,11H2,2-5H3/t14?,20-/m0/s1. The summed E-state index contributed by atoms with van der Waals surface area (Å²) < 4.78 is 11.8. The molecule has 0 bridgehead atoms. The average molecular weight is 310 g/mol. The molecule has 3 heteroatoms. The quantitative estimate of drug-likeness (QED) is 0.598. The van der Waals surface area contributed by atoms with Gasteiger partial charge >= 0.3 is 5.63 Å². The number of benzene rings is 1. The van der Waals surface area contributed by atoms with Gasteiger partial charge in [0.15, 0.2) is 0 Å². The van der Waals surface area contributed by atoms with Gasteiger partial charge in [-0.15, -0.1) is 6.58 Å². The second-order valence-electron chi connectivity index (χ2n) is 6.77. The maximum absolute atomic E-state index is 12.6. The van der Waals surface area contributed by atoms with Gasteiger partial charge in [-0.1, -0.05) is 30.7 Å². The maximum atomic E-state index is 12.6. The highest BCUT2D eigenvalue weighted by atomic mass is 16.5. The molecule has 2 aromatic rings. The fraction of sp³-hybridized carbons (Fsp3) is 0.350. The molecule has 1 unspecified atom stereocenters. The van der Waals surface area contributed by atoms with Crippen molar-refractivity contribution < 1.29 is 9.15 Å². The number of fused-ring (bicyclic) bond motifs is 3. The molecule has 0 N–H and O–H groups in total. The molecule has 3 nitrogen and oxygen atoms in total. The number of hydrogen-bond donors (Lipinski definition) is 0. The predicted molar refractivity (Wildman–Crippen MR) is 93.2 cm³/mol. The predicted octanol–water partition coefficient (Wildman–Crippen LogP) is 4.66. The van der Waals surface area contributed by atoms with Crippen LogP contribution in [0.15, 0.2) is 51.7 Å². The van der Waals surface area contributed by atoms with Gasteiger partial charge in [0.25, 0.3) is 0 Å². The highest BCUT2D eigenvalue weighted by molar-refractivity contribution is 5.88. The van der Waals surface area contributed by atoms with Gasteiger partial charge in [-0.25, -0.2) is 4.79 Å². The Morgan fingerprint density at radius 3 is 2.78 bits per heavy atom. The van der Waals surface area contributed by atoms with Gasteiger partial charge in [-0.05, 0) is 38.5 Å². The summed E-state index contributed by atoms with van der Waals surface area (Å²) in [6.45, 7) is 12.1. The number of allylic oxidation sites excluding steroid dienone is 2. The zero-order valence-corrected chi connectivity index (χ0v) is 14.1. The van der Waals surface area contributed by atoms with Crippen LogP contribution < -0.4 is 10.4 Å². The van der Waals surface area contributed by atoms with E-state index in [1.54, 1.807) is 0 Å². The molecule has 1 aromatic carbocycles. The van der Waals surface area contributed by atoms with Crippen LogP contribution in [0, 0.1) is 6.92 Å². The summed E-state index contributed by atoms with van der Waals surface area (Å²) in [5.74, 6) is 0.644. The molecule has 1 aliphatic heterocycles. The van der Waals surface area contributed by atoms with Crippen LogP contribution in [0.4, 0.5) is 0 Å². The summed E-state index contributed by atoms with van der Waals surface area (Å²) in [5.41, 5.74) is 2.56. The lowest BCUT2D eigenvalue weighted by molar-refractivity contribution is 0.181. The third-order valence-corrected chi connectivity index (χ3v) is 4.53. The molecule has 23 heavy (non-hydrogen) atoms. The molecule has 0 amide bonds. The molecule has 1 aromatic heterocycles. The number of ether oxygens (including phenoxy) is 1. The number of rotatable bonds is 2. The van der Waals surface area contributed by atoms with Crippen LogP contribution in [0.25, 0.3) is 11.0 Å². The summed E-state index contributed by atoms with van der Waals surface area (Å²) in [6.07, 6.45) is 4.53. The van der Waals surface area contributed by atoms with E-state index in [1.165, 1.54) is 5.57 Å². The molecule has 0 radical (unpaired) electrons. The summed E-state index contributed by atoms with van der Waals surface area (Å²) >= 11 is 0. The molecule has 0 saturated heterocycles. The molecule has 3 rings (SSSR count). The SMILES string of the molecule is C=C[C@@]1(C)CC(C=C(C)C)Oc2c1c(=O)oc1cccc(C)c21. The van der Waals surface area contributed by atoms with Crippen molar-refractivity contribution >= 4 is 11.0 Å². The first-order chi connectivity index (χ1) is 10.9. The largest absolute Gasteiger partial charge is 0.485 e. The highest BCUT2D eigenvalue weighted by Gasteiger charge is 2.39. The van der Waals surface area contributed by atoms with Gasteiger partial charge < -0.3 is 9.15 Å². The van der Waals surface area contributed by atoms with Crippen molar-refractivity contribution in [1.29, 1.82) is 0 Å². The van der Waals surface area contributed by atoms with E-state index in [2.05, 4.69) is 12.7 Å². The van der Waals surface area contributed by atoms with Crippen molar-refractivity contribution in [3.63, 3.8) is 0 Å². The fourth-order valence-electron chi connectivity index (χ4n) is 3.36. The first kappa shape index (κ1) is 15.6. The molecule has 0 spiro atoms. The van der Waals surface area contributed by atoms with Gasteiger partial charge in [0.05, 0.1) is 10.9 Å². The molecule has 0 fully saturated rings. The third-order valence-electron chi connectivity index (χ3n) is 4.53. The smallest absolute Gasteiger partial charge is 0.344 e. The van der Waals surface area contributed by atoms with Gasteiger partial charge in [0.2, 0.25) is 0 Å². The Labute approximate surface area is 136 Å². The van der Waals surface area contributed by atoms with E-state index in [4.69, 9.17) is 9.15 Å². The van der Waals surface area contributed by atoms with E-state index in [9.17, 15) is 4.79 Å². The van der Waals surface area contributed by atoms with Gasteiger partial charge in [-0.3, -0.25) is 0 Å². The van der Waals surface area contributed by atoms with Crippen molar-refractivity contribution in [2.75, 3.05) is 0 Å². The lowest BCUT2D eigenvalue weighted by Gasteiger charge is -2.36. The molecular formula is C20H22O3. The van der Waals surface area contributed by atoms with Crippen LogP contribution in [0.5, 0.6) is 5.75 Å².